The lowest BCUT2D eigenvalue weighted by molar-refractivity contribution is -0.676. The molecular weight excluding hydrogens is 352 g/mol. The number of nitrogens with one attached hydrogen (secondary N) is 1. The average Bonchev–Trinajstić information content (AvgIpc) is 3.23. The molecule has 0 aliphatic rings. The van der Waals surface area contributed by atoms with E-state index in [1.807, 2.05) is 18.2 Å². The van der Waals surface area contributed by atoms with Gasteiger partial charge in [0.1, 0.15) is 6.04 Å². The molecule has 3 rings (SSSR count). The molecule has 0 saturated carbocycles. The Labute approximate surface area is 165 Å². The standard InChI is InChI=1S/C23H26N2OS/c1-17-10-12-20(13-11-17)23(21-9-6-14-27-21)25-16-22(26)24-15-18(2)19-7-4-3-5-8-19/h3-14,18,23,25H,15-16H2,1-2H3,(H,24,26)/p+1/t18-,23+/m0/s1. The minimum absolute atomic E-state index is 0.0754. The Morgan fingerprint density at radius 2 is 1.74 bits per heavy atom. The summed E-state index contributed by atoms with van der Waals surface area (Å²) in [7, 11) is 0. The van der Waals surface area contributed by atoms with E-state index in [1.54, 1.807) is 11.3 Å². The molecule has 3 aromatic rings. The zero-order chi connectivity index (χ0) is 19.1. The van der Waals surface area contributed by atoms with Crippen LogP contribution < -0.4 is 10.6 Å². The van der Waals surface area contributed by atoms with E-state index in [-0.39, 0.29) is 11.9 Å². The topological polar surface area (TPSA) is 45.7 Å². The van der Waals surface area contributed by atoms with E-state index in [4.69, 9.17) is 0 Å². The van der Waals surface area contributed by atoms with Crippen LogP contribution in [-0.2, 0) is 4.79 Å². The van der Waals surface area contributed by atoms with Crippen LogP contribution in [0.3, 0.4) is 0 Å². The van der Waals surface area contributed by atoms with Crippen molar-refractivity contribution < 1.29 is 10.1 Å². The van der Waals surface area contributed by atoms with Gasteiger partial charge in [0, 0.05) is 12.1 Å². The molecule has 1 heterocycles. The molecule has 0 spiro atoms. The highest BCUT2D eigenvalue weighted by Crippen LogP contribution is 2.23. The third-order valence-corrected chi connectivity index (χ3v) is 5.75. The van der Waals surface area contributed by atoms with Gasteiger partial charge in [0.25, 0.3) is 5.91 Å². The summed E-state index contributed by atoms with van der Waals surface area (Å²) < 4.78 is 0. The first-order valence-corrected chi connectivity index (χ1v) is 10.3. The maximum absolute atomic E-state index is 12.4. The lowest BCUT2D eigenvalue weighted by Crippen LogP contribution is -2.87. The molecular formula is C23H27N2OS+. The fourth-order valence-corrected chi connectivity index (χ4v) is 3.97. The van der Waals surface area contributed by atoms with Crippen LogP contribution in [-0.4, -0.2) is 19.0 Å². The normalized spacial score (nSPS) is 13.1. The molecule has 1 aromatic heterocycles. The molecule has 27 heavy (non-hydrogen) atoms. The lowest BCUT2D eigenvalue weighted by Gasteiger charge is -2.16. The second-order valence-corrected chi connectivity index (χ2v) is 7.94. The van der Waals surface area contributed by atoms with E-state index in [9.17, 15) is 4.79 Å². The number of amides is 1. The summed E-state index contributed by atoms with van der Waals surface area (Å²) in [6.07, 6.45) is 0. The second kappa shape index (κ2) is 9.49. The highest BCUT2D eigenvalue weighted by molar-refractivity contribution is 7.10. The number of quaternary nitrogens is 1. The second-order valence-electron chi connectivity index (χ2n) is 6.96. The predicted octanol–water partition coefficient (Wildman–Crippen LogP) is 3.63. The maximum atomic E-state index is 12.4. The van der Waals surface area contributed by atoms with Crippen LogP contribution in [0, 0.1) is 6.92 Å². The fourth-order valence-electron chi connectivity index (χ4n) is 3.12. The predicted molar refractivity (Wildman–Crippen MR) is 112 cm³/mol. The molecule has 2 atom stereocenters. The van der Waals surface area contributed by atoms with Gasteiger partial charge in [0.15, 0.2) is 6.54 Å². The molecule has 3 N–H and O–H groups in total. The van der Waals surface area contributed by atoms with Crippen LogP contribution in [0.1, 0.15) is 40.5 Å². The number of carbonyl (C=O) groups excluding carboxylic acids is 1. The number of aryl methyl sites for hydroxylation is 1. The van der Waals surface area contributed by atoms with Crippen molar-refractivity contribution in [1.82, 2.24) is 5.32 Å². The first-order valence-electron chi connectivity index (χ1n) is 9.38. The van der Waals surface area contributed by atoms with Gasteiger partial charge in [-0.25, -0.2) is 0 Å². The molecule has 140 valence electrons. The lowest BCUT2D eigenvalue weighted by atomic mass is 10.0. The van der Waals surface area contributed by atoms with Gasteiger partial charge < -0.3 is 10.6 Å². The summed E-state index contributed by atoms with van der Waals surface area (Å²) in [6, 6.07) is 23.2. The van der Waals surface area contributed by atoms with Gasteiger partial charge in [-0.2, -0.15) is 0 Å². The van der Waals surface area contributed by atoms with Gasteiger partial charge in [-0.3, -0.25) is 4.79 Å². The van der Waals surface area contributed by atoms with Crippen molar-refractivity contribution in [3.63, 3.8) is 0 Å². The van der Waals surface area contributed by atoms with Crippen LogP contribution in [0.2, 0.25) is 0 Å². The Morgan fingerprint density at radius 3 is 2.41 bits per heavy atom. The summed E-state index contributed by atoms with van der Waals surface area (Å²) >= 11 is 1.73. The van der Waals surface area contributed by atoms with Crippen molar-refractivity contribution in [2.24, 2.45) is 0 Å². The summed E-state index contributed by atoms with van der Waals surface area (Å²) in [6.45, 7) is 5.30. The third-order valence-electron chi connectivity index (χ3n) is 4.80. The molecule has 0 unspecified atom stereocenters. The van der Waals surface area contributed by atoms with Gasteiger partial charge in [0.05, 0.1) is 4.88 Å². The van der Waals surface area contributed by atoms with Crippen molar-refractivity contribution in [3.05, 3.63) is 93.7 Å². The highest BCUT2D eigenvalue weighted by Gasteiger charge is 2.20. The zero-order valence-electron chi connectivity index (χ0n) is 15.9. The SMILES string of the molecule is Cc1ccc([C@@H]([NH2+]CC(=O)NC[C@H](C)c2ccccc2)c2cccs2)cc1. The van der Waals surface area contributed by atoms with Crippen molar-refractivity contribution in [1.29, 1.82) is 0 Å². The van der Waals surface area contributed by atoms with E-state index in [2.05, 4.69) is 78.4 Å². The van der Waals surface area contributed by atoms with Crippen LogP contribution in [0.5, 0.6) is 0 Å². The van der Waals surface area contributed by atoms with Crippen LogP contribution in [0.25, 0.3) is 0 Å². The van der Waals surface area contributed by atoms with Gasteiger partial charge in [-0.05, 0) is 29.9 Å². The molecule has 0 aliphatic carbocycles. The van der Waals surface area contributed by atoms with Crippen LogP contribution in [0.15, 0.2) is 72.1 Å². The Hall–Kier alpha value is -2.43. The number of nitrogens with two attached hydrogens (primary N) is 1. The van der Waals surface area contributed by atoms with Crippen molar-refractivity contribution in [3.8, 4) is 0 Å². The quantitative estimate of drug-likeness (QED) is 0.617. The van der Waals surface area contributed by atoms with E-state index in [0.717, 1.165) is 0 Å². The molecule has 0 radical (unpaired) electrons. The maximum Gasteiger partial charge on any atom is 0.275 e. The molecule has 0 fully saturated rings. The Kier molecular flexibility index (Phi) is 6.80. The molecule has 0 saturated heterocycles. The summed E-state index contributed by atoms with van der Waals surface area (Å²) in [5, 5.41) is 7.29. The Morgan fingerprint density at radius 1 is 1.00 bits per heavy atom. The van der Waals surface area contributed by atoms with E-state index in [0.29, 0.717) is 19.0 Å². The van der Waals surface area contributed by atoms with Gasteiger partial charge >= 0.3 is 0 Å². The molecule has 2 aromatic carbocycles. The first kappa shape index (κ1) is 19.3. The first-order chi connectivity index (χ1) is 13.1. The van der Waals surface area contributed by atoms with E-state index < -0.39 is 0 Å². The van der Waals surface area contributed by atoms with E-state index >= 15 is 0 Å². The number of hydrogen-bond acceptors (Lipinski definition) is 2. The van der Waals surface area contributed by atoms with Gasteiger partial charge in [0.2, 0.25) is 0 Å². The smallest absolute Gasteiger partial charge is 0.275 e. The fraction of sp³-hybridized carbons (Fsp3) is 0.261. The minimum Gasteiger partial charge on any atom is -0.351 e. The average molecular weight is 380 g/mol. The van der Waals surface area contributed by atoms with Crippen LogP contribution >= 0.6 is 11.3 Å². The molecule has 4 heteroatoms. The summed E-state index contributed by atoms with van der Waals surface area (Å²) in [5.74, 6) is 0.381. The highest BCUT2D eigenvalue weighted by atomic mass is 32.1. The van der Waals surface area contributed by atoms with Gasteiger partial charge in [-0.15, -0.1) is 11.3 Å². The monoisotopic (exact) mass is 379 g/mol. The zero-order valence-corrected chi connectivity index (χ0v) is 16.7. The number of hydrogen-bond donors (Lipinski definition) is 2. The Balaban J connectivity index is 1.57. The Bertz CT molecular complexity index is 829. The minimum atomic E-state index is 0.0754. The van der Waals surface area contributed by atoms with Crippen molar-refractivity contribution in [2.75, 3.05) is 13.1 Å². The number of thiophene rings is 1. The largest absolute Gasteiger partial charge is 0.351 e. The number of rotatable bonds is 8. The van der Waals surface area contributed by atoms with E-state index in [1.165, 1.54) is 21.6 Å². The molecule has 3 nitrogen and oxygen atoms in total. The van der Waals surface area contributed by atoms with Crippen molar-refractivity contribution >= 4 is 17.2 Å². The van der Waals surface area contributed by atoms with Gasteiger partial charge in [-0.1, -0.05) is 73.2 Å². The van der Waals surface area contributed by atoms with Crippen LogP contribution in [0.4, 0.5) is 0 Å². The summed E-state index contributed by atoms with van der Waals surface area (Å²) in [5.41, 5.74) is 3.72. The molecule has 1 amide bonds. The molecule has 0 aliphatic heterocycles. The number of carbonyl (C=O) groups is 1. The van der Waals surface area contributed by atoms with Crippen molar-refractivity contribution in [2.45, 2.75) is 25.8 Å². The number of benzene rings is 2. The third kappa shape index (κ3) is 5.52. The molecule has 0 bridgehead atoms. The summed E-state index contributed by atoms with van der Waals surface area (Å²) in [4.78, 5) is 13.7.